The molecule has 0 fully saturated rings. The molecule has 1 N–H and O–H groups in total. The number of phenols is 1. The van der Waals surface area contributed by atoms with Crippen LogP contribution in [0.3, 0.4) is 0 Å². The van der Waals surface area contributed by atoms with Crippen LogP contribution in [0.1, 0.15) is 21.5 Å². The van der Waals surface area contributed by atoms with Crippen molar-refractivity contribution in [2.45, 2.75) is 13.5 Å². The van der Waals surface area contributed by atoms with E-state index in [4.69, 9.17) is 4.74 Å². The Morgan fingerprint density at radius 3 is 2.57 bits per heavy atom. The number of carbonyl (C=O) groups excluding carboxylic acids is 1. The molecule has 0 aromatic heterocycles. The van der Waals surface area contributed by atoms with Gasteiger partial charge in [0.2, 0.25) is 5.75 Å². The molecule has 0 heterocycles. The highest BCUT2D eigenvalue weighted by molar-refractivity contribution is 5.94. The van der Waals surface area contributed by atoms with Crippen molar-refractivity contribution in [3.8, 4) is 5.75 Å². The Morgan fingerprint density at radius 1 is 1.29 bits per heavy atom. The fourth-order valence-corrected chi connectivity index (χ4v) is 1.86. The predicted molar refractivity (Wildman–Crippen MR) is 75.1 cm³/mol. The summed E-state index contributed by atoms with van der Waals surface area (Å²) in [7, 11) is 0. The Bertz CT molecular complexity index is 682. The monoisotopic (exact) mass is 287 g/mol. The molecule has 108 valence electrons. The maximum Gasteiger partial charge on any atom is 0.342 e. The summed E-state index contributed by atoms with van der Waals surface area (Å²) >= 11 is 0. The molecule has 0 saturated heterocycles. The normalized spacial score (nSPS) is 10.1. The van der Waals surface area contributed by atoms with Gasteiger partial charge in [0, 0.05) is 6.07 Å². The second-order valence-corrected chi connectivity index (χ2v) is 4.50. The van der Waals surface area contributed by atoms with Crippen LogP contribution in [0.25, 0.3) is 0 Å². The Balaban J connectivity index is 2.21. The van der Waals surface area contributed by atoms with Crippen LogP contribution in [0, 0.1) is 17.0 Å². The van der Waals surface area contributed by atoms with Crippen molar-refractivity contribution in [1.29, 1.82) is 0 Å². The average molecular weight is 287 g/mol. The van der Waals surface area contributed by atoms with E-state index in [0.717, 1.165) is 5.56 Å². The smallest absolute Gasteiger partial charge is 0.342 e. The summed E-state index contributed by atoms with van der Waals surface area (Å²) in [6.45, 7) is 1.63. The Hall–Kier alpha value is -2.89. The van der Waals surface area contributed by atoms with E-state index < -0.39 is 22.3 Å². The average Bonchev–Trinajstić information content (AvgIpc) is 2.47. The van der Waals surface area contributed by atoms with Gasteiger partial charge in [0.25, 0.3) is 0 Å². The zero-order chi connectivity index (χ0) is 15.4. The molecule has 0 amide bonds. The Morgan fingerprint density at radius 2 is 1.95 bits per heavy atom. The van der Waals surface area contributed by atoms with E-state index in [-0.39, 0.29) is 12.2 Å². The van der Waals surface area contributed by atoms with Crippen LogP contribution in [0.4, 0.5) is 5.69 Å². The van der Waals surface area contributed by atoms with E-state index in [1.807, 2.05) is 6.07 Å². The van der Waals surface area contributed by atoms with Gasteiger partial charge in [0.1, 0.15) is 12.2 Å². The van der Waals surface area contributed by atoms with E-state index in [2.05, 4.69) is 0 Å². The van der Waals surface area contributed by atoms with Crippen molar-refractivity contribution < 1.29 is 19.6 Å². The van der Waals surface area contributed by atoms with Crippen molar-refractivity contribution in [3.63, 3.8) is 0 Å². The molecule has 0 unspecified atom stereocenters. The summed E-state index contributed by atoms with van der Waals surface area (Å²) < 4.78 is 5.06. The van der Waals surface area contributed by atoms with Crippen LogP contribution in [-0.4, -0.2) is 16.0 Å². The second-order valence-electron chi connectivity index (χ2n) is 4.50. The van der Waals surface area contributed by atoms with Gasteiger partial charge in [-0.05, 0) is 24.1 Å². The van der Waals surface area contributed by atoms with E-state index in [0.29, 0.717) is 5.56 Å². The molecule has 0 spiro atoms. The van der Waals surface area contributed by atoms with Crippen molar-refractivity contribution in [3.05, 3.63) is 69.3 Å². The fraction of sp³-hybridized carbons (Fsp3) is 0.133. The summed E-state index contributed by atoms with van der Waals surface area (Å²) in [4.78, 5) is 22.0. The van der Waals surface area contributed by atoms with Crippen molar-refractivity contribution in [2.24, 2.45) is 0 Å². The topological polar surface area (TPSA) is 89.7 Å². The van der Waals surface area contributed by atoms with Gasteiger partial charge in [-0.2, -0.15) is 0 Å². The lowest BCUT2D eigenvalue weighted by atomic mass is 10.1. The minimum absolute atomic E-state index is 0.0286. The lowest BCUT2D eigenvalue weighted by Crippen LogP contribution is -2.07. The summed E-state index contributed by atoms with van der Waals surface area (Å²) in [5.41, 5.74) is 0.554. The quantitative estimate of drug-likeness (QED) is 0.530. The largest absolute Gasteiger partial charge is 0.501 e. The first-order valence-corrected chi connectivity index (χ1v) is 6.18. The van der Waals surface area contributed by atoms with Crippen LogP contribution < -0.4 is 0 Å². The number of aromatic hydroxyl groups is 1. The number of hydrogen-bond donors (Lipinski definition) is 1. The summed E-state index contributed by atoms with van der Waals surface area (Å²) in [5, 5.41) is 20.6. The highest BCUT2D eigenvalue weighted by Crippen LogP contribution is 2.31. The van der Waals surface area contributed by atoms with Crippen LogP contribution >= 0.6 is 0 Å². The molecular weight excluding hydrogens is 274 g/mol. The highest BCUT2D eigenvalue weighted by atomic mass is 16.6. The Kier molecular flexibility index (Phi) is 4.18. The number of aryl methyl sites for hydroxylation is 1. The first-order chi connectivity index (χ1) is 9.99. The van der Waals surface area contributed by atoms with Crippen molar-refractivity contribution >= 4 is 11.7 Å². The molecule has 2 aromatic carbocycles. The predicted octanol–water partition coefficient (Wildman–Crippen LogP) is 2.97. The van der Waals surface area contributed by atoms with E-state index in [1.54, 1.807) is 31.2 Å². The molecule has 6 heteroatoms. The number of ether oxygens (including phenoxy) is 1. The first-order valence-electron chi connectivity index (χ1n) is 6.18. The van der Waals surface area contributed by atoms with Gasteiger partial charge >= 0.3 is 11.7 Å². The van der Waals surface area contributed by atoms with Crippen LogP contribution in [0.5, 0.6) is 5.75 Å². The SMILES string of the molecule is Cc1cc(C(=O)OCc2ccccc2)c(O)c([N+](=O)[O-])c1. The molecule has 0 bridgehead atoms. The highest BCUT2D eigenvalue weighted by Gasteiger charge is 2.23. The number of nitrogens with zero attached hydrogens (tertiary/aromatic N) is 1. The minimum Gasteiger partial charge on any atom is -0.501 e. The Labute approximate surface area is 120 Å². The van der Waals surface area contributed by atoms with Gasteiger partial charge in [-0.25, -0.2) is 4.79 Å². The third-order valence-corrected chi connectivity index (χ3v) is 2.86. The third kappa shape index (κ3) is 3.36. The molecule has 0 aliphatic carbocycles. The molecule has 6 nitrogen and oxygen atoms in total. The van der Waals surface area contributed by atoms with E-state index in [1.165, 1.54) is 12.1 Å². The number of benzene rings is 2. The zero-order valence-corrected chi connectivity index (χ0v) is 11.3. The molecule has 0 aliphatic heterocycles. The van der Waals surface area contributed by atoms with Gasteiger partial charge in [0.15, 0.2) is 0 Å². The van der Waals surface area contributed by atoms with Gasteiger partial charge in [-0.3, -0.25) is 10.1 Å². The molecule has 0 atom stereocenters. The first kappa shape index (κ1) is 14.5. The third-order valence-electron chi connectivity index (χ3n) is 2.86. The summed E-state index contributed by atoms with van der Waals surface area (Å²) in [5.74, 6) is -1.48. The van der Waals surface area contributed by atoms with Crippen molar-refractivity contribution in [2.75, 3.05) is 0 Å². The minimum atomic E-state index is -0.803. The zero-order valence-electron chi connectivity index (χ0n) is 11.3. The van der Waals surface area contributed by atoms with Crippen LogP contribution in [-0.2, 0) is 11.3 Å². The number of phenolic OH excluding ortho intramolecular Hbond substituents is 1. The summed E-state index contributed by atoms with van der Waals surface area (Å²) in [6, 6.07) is 11.6. The lowest BCUT2D eigenvalue weighted by Gasteiger charge is -2.07. The lowest BCUT2D eigenvalue weighted by molar-refractivity contribution is -0.385. The van der Waals surface area contributed by atoms with Gasteiger partial charge in [0.05, 0.1) is 4.92 Å². The number of nitro benzene ring substituents is 1. The fourth-order valence-electron chi connectivity index (χ4n) is 1.86. The molecular formula is C15H13NO5. The molecule has 0 saturated carbocycles. The maximum absolute atomic E-state index is 12.0. The molecule has 2 rings (SSSR count). The number of esters is 1. The van der Waals surface area contributed by atoms with Crippen LogP contribution in [0.15, 0.2) is 42.5 Å². The molecule has 0 radical (unpaired) electrons. The van der Waals surface area contributed by atoms with Gasteiger partial charge in [-0.1, -0.05) is 30.3 Å². The molecule has 0 aliphatic rings. The van der Waals surface area contributed by atoms with Crippen LogP contribution in [0.2, 0.25) is 0 Å². The number of rotatable bonds is 4. The summed E-state index contributed by atoms with van der Waals surface area (Å²) in [6.07, 6.45) is 0. The number of hydrogen-bond acceptors (Lipinski definition) is 5. The van der Waals surface area contributed by atoms with Gasteiger partial charge in [-0.15, -0.1) is 0 Å². The van der Waals surface area contributed by atoms with E-state index >= 15 is 0 Å². The number of carbonyl (C=O) groups is 1. The molecule has 21 heavy (non-hydrogen) atoms. The molecule has 2 aromatic rings. The standard InChI is InChI=1S/C15H13NO5/c1-10-7-12(14(17)13(8-10)16(19)20)15(18)21-9-11-5-3-2-4-6-11/h2-8,17H,9H2,1H3. The van der Waals surface area contributed by atoms with Gasteiger partial charge < -0.3 is 9.84 Å². The number of nitro groups is 1. The van der Waals surface area contributed by atoms with Crippen molar-refractivity contribution in [1.82, 2.24) is 0 Å². The second kappa shape index (κ2) is 6.04. The van der Waals surface area contributed by atoms with E-state index in [9.17, 15) is 20.0 Å². The maximum atomic E-state index is 12.0.